The monoisotopic (exact) mass is 520 g/mol. The molecule has 194 valence electrons. The van der Waals surface area contributed by atoms with E-state index in [-0.39, 0.29) is 50.1 Å². The summed E-state index contributed by atoms with van der Waals surface area (Å²) in [5, 5.41) is -2.13. The van der Waals surface area contributed by atoms with Crippen LogP contribution in [0.2, 0.25) is 0 Å². The Morgan fingerprint density at radius 1 is 0.971 bits per heavy atom. The van der Waals surface area contributed by atoms with Gasteiger partial charge in [-0.15, -0.1) is 11.8 Å². The number of hydrogen-bond acceptors (Lipinski definition) is 8. The number of rotatable bonds is 12. The second-order valence-electron chi connectivity index (χ2n) is 10.1. The van der Waals surface area contributed by atoms with Gasteiger partial charge in [0.1, 0.15) is 0 Å². The zero-order valence-corrected chi connectivity index (χ0v) is 22.8. The standard InChI is InChI=1S/C22H37N2O8PS/c1-8-13-31-22(6,7)33(29,30)32-20(2,3)21(4,5)34-15-14-18(27)24(19(15)28)12-11-23-16(25)9-10-17(23)26/h15H,8-14H2,1-7H3,(H,29,30). The maximum atomic E-state index is 13.1. The lowest BCUT2D eigenvalue weighted by Gasteiger charge is -2.44. The molecule has 0 saturated carbocycles. The topological polar surface area (TPSA) is 131 Å². The summed E-state index contributed by atoms with van der Waals surface area (Å²) in [5.41, 5.74) is -1.17. The molecular weight excluding hydrogens is 483 g/mol. The molecule has 0 spiro atoms. The second kappa shape index (κ2) is 10.4. The highest BCUT2D eigenvalue weighted by Gasteiger charge is 2.52. The van der Waals surface area contributed by atoms with Gasteiger partial charge in [0, 0.05) is 43.7 Å². The Morgan fingerprint density at radius 3 is 2.03 bits per heavy atom. The molecule has 2 atom stereocenters. The lowest BCUT2D eigenvalue weighted by atomic mass is 9.94. The maximum Gasteiger partial charge on any atom is 0.359 e. The molecule has 2 aliphatic rings. The fourth-order valence-electron chi connectivity index (χ4n) is 3.51. The lowest BCUT2D eigenvalue weighted by Crippen LogP contribution is -2.47. The minimum atomic E-state index is -4.23. The van der Waals surface area contributed by atoms with Crippen LogP contribution in [0.15, 0.2) is 0 Å². The van der Waals surface area contributed by atoms with Crippen molar-refractivity contribution in [3.8, 4) is 0 Å². The number of ether oxygens (including phenoxy) is 1. The SMILES string of the molecule is CCCOC(C)(C)P(=O)(O)OC(C)(C)C(C)(C)SC1CC(=O)N(CCN2C(=O)CCC2=O)C1=O. The lowest BCUT2D eigenvalue weighted by molar-refractivity contribution is -0.143. The van der Waals surface area contributed by atoms with Gasteiger partial charge in [0.15, 0.2) is 5.34 Å². The maximum absolute atomic E-state index is 13.1. The summed E-state index contributed by atoms with van der Waals surface area (Å²) < 4.78 is 23.6. The molecule has 2 aliphatic heterocycles. The smallest absolute Gasteiger partial charge is 0.359 e. The zero-order chi connectivity index (χ0) is 26.1. The number of hydrogen-bond donors (Lipinski definition) is 1. The molecule has 0 aliphatic carbocycles. The third-order valence-corrected chi connectivity index (χ3v) is 10.4. The Morgan fingerprint density at radius 2 is 1.50 bits per heavy atom. The van der Waals surface area contributed by atoms with Crippen LogP contribution >= 0.6 is 19.4 Å². The highest BCUT2D eigenvalue weighted by Crippen LogP contribution is 2.60. The molecule has 2 fully saturated rings. The zero-order valence-electron chi connectivity index (χ0n) is 21.1. The van der Waals surface area contributed by atoms with E-state index in [4.69, 9.17) is 9.26 Å². The van der Waals surface area contributed by atoms with Crippen molar-refractivity contribution in [2.75, 3.05) is 19.7 Å². The van der Waals surface area contributed by atoms with Crippen LogP contribution in [0, 0.1) is 0 Å². The van der Waals surface area contributed by atoms with Crippen molar-refractivity contribution in [1.29, 1.82) is 0 Å². The Bertz CT molecular complexity index is 872. The average Bonchev–Trinajstić information content (AvgIpc) is 3.15. The minimum Gasteiger partial charge on any atom is -0.363 e. The van der Waals surface area contributed by atoms with Crippen LogP contribution in [0.3, 0.4) is 0 Å². The van der Waals surface area contributed by atoms with E-state index in [0.717, 1.165) is 9.80 Å². The van der Waals surface area contributed by atoms with E-state index < -0.39 is 34.4 Å². The molecule has 34 heavy (non-hydrogen) atoms. The van der Waals surface area contributed by atoms with Gasteiger partial charge in [-0.3, -0.25) is 38.1 Å². The van der Waals surface area contributed by atoms with Gasteiger partial charge in [0.25, 0.3) is 0 Å². The number of nitrogens with zero attached hydrogens (tertiary/aromatic N) is 2. The molecular formula is C22H37N2O8PS. The largest absolute Gasteiger partial charge is 0.363 e. The summed E-state index contributed by atoms with van der Waals surface area (Å²) >= 11 is 1.20. The minimum absolute atomic E-state index is 0.00886. The average molecular weight is 521 g/mol. The van der Waals surface area contributed by atoms with Crippen LogP contribution in [0.4, 0.5) is 0 Å². The molecule has 0 bridgehead atoms. The van der Waals surface area contributed by atoms with Crippen molar-refractivity contribution in [3.63, 3.8) is 0 Å². The molecule has 4 amide bonds. The number of thioether (sulfide) groups is 1. The fraction of sp³-hybridized carbons (Fsp3) is 0.818. The van der Waals surface area contributed by atoms with Gasteiger partial charge in [-0.05, 0) is 48.0 Å². The molecule has 2 saturated heterocycles. The first-order valence-electron chi connectivity index (χ1n) is 11.5. The Hall–Kier alpha value is -1.26. The number of carbonyl (C=O) groups excluding carboxylic acids is 4. The summed E-state index contributed by atoms with van der Waals surface area (Å²) in [6.45, 7) is 12.1. The quantitative estimate of drug-likeness (QED) is 0.305. The van der Waals surface area contributed by atoms with E-state index in [9.17, 15) is 28.6 Å². The van der Waals surface area contributed by atoms with Gasteiger partial charge in [-0.1, -0.05) is 6.92 Å². The van der Waals surface area contributed by atoms with Crippen LogP contribution in [-0.4, -0.2) is 79.0 Å². The number of carbonyl (C=O) groups is 4. The molecule has 1 N–H and O–H groups in total. The molecule has 2 unspecified atom stereocenters. The number of imide groups is 2. The van der Waals surface area contributed by atoms with Crippen molar-refractivity contribution in [2.24, 2.45) is 0 Å². The van der Waals surface area contributed by atoms with E-state index in [0.29, 0.717) is 13.0 Å². The second-order valence-corrected chi connectivity index (χ2v) is 14.2. The van der Waals surface area contributed by atoms with Gasteiger partial charge >= 0.3 is 7.60 Å². The predicted octanol–water partition coefficient (Wildman–Crippen LogP) is 2.92. The Balaban J connectivity index is 2.07. The van der Waals surface area contributed by atoms with E-state index in [1.165, 1.54) is 25.6 Å². The third kappa shape index (κ3) is 6.10. The first-order valence-corrected chi connectivity index (χ1v) is 13.9. The molecule has 2 heterocycles. The van der Waals surface area contributed by atoms with E-state index in [1.54, 1.807) is 27.7 Å². The van der Waals surface area contributed by atoms with Gasteiger partial charge in [0.2, 0.25) is 23.6 Å². The summed E-state index contributed by atoms with van der Waals surface area (Å²) in [6, 6.07) is 0. The highest BCUT2D eigenvalue weighted by molar-refractivity contribution is 8.02. The van der Waals surface area contributed by atoms with Crippen molar-refractivity contribution in [3.05, 3.63) is 0 Å². The van der Waals surface area contributed by atoms with Crippen molar-refractivity contribution < 1.29 is 37.9 Å². The highest BCUT2D eigenvalue weighted by atomic mass is 32.2. The molecule has 10 nitrogen and oxygen atoms in total. The predicted molar refractivity (Wildman–Crippen MR) is 128 cm³/mol. The van der Waals surface area contributed by atoms with E-state index in [1.807, 2.05) is 6.92 Å². The molecule has 0 aromatic heterocycles. The van der Waals surface area contributed by atoms with Crippen LogP contribution in [-0.2, 0) is 33.0 Å². The molecule has 2 rings (SSSR count). The van der Waals surface area contributed by atoms with Crippen LogP contribution in [0.1, 0.15) is 74.1 Å². The first-order chi connectivity index (χ1) is 15.5. The molecule has 0 aromatic carbocycles. The molecule has 12 heteroatoms. The summed E-state index contributed by atoms with van der Waals surface area (Å²) in [4.78, 5) is 62.0. The Kier molecular flexibility index (Phi) is 8.85. The Labute approximate surface area is 205 Å². The summed E-state index contributed by atoms with van der Waals surface area (Å²) in [5.74, 6) is -1.38. The van der Waals surface area contributed by atoms with Gasteiger partial charge < -0.3 is 9.63 Å². The van der Waals surface area contributed by atoms with Crippen LogP contribution in [0.5, 0.6) is 0 Å². The normalized spacial score (nSPS) is 22.2. The third-order valence-electron chi connectivity index (χ3n) is 6.48. The number of amides is 4. The first kappa shape index (κ1) is 29.0. The van der Waals surface area contributed by atoms with Crippen molar-refractivity contribution in [1.82, 2.24) is 9.80 Å². The molecule has 0 radical (unpaired) electrons. The molecule has 0 aromatic rings. The van der Waals surface area contributed by atoms with Gasteiger partial charge in [-0.25, -0.2) is 0 Å². The van der Waals surface area contributed by atoms with E-state index >= 15 is 0 Å². The van der Waals surface area contributed by atoms with Crippen molar-refractivity contribution in [2.45, 2.75) is 95.1 Å². The number of likely N-dealkylation sites (tertiary alicyclic amines) is 2. The van der Waals surface area contributed by atoms with Gasteiger partial charge in [0.05, 0.1) is 10.9 Å². The fourth-order valence-corrected chi connectivity index (χ4v) is 6.39. The summed E-state index contributed by atoms with van der Waals surface area (Å²) in [7, 11) is -4.23. The van der Waals surface area contributed by atoms with Crippen LogP contribution in [0.25, 0.3) is 0 Å². The summed E-state index contributed by atoms with van der Waals surface area (Å²) in [6.07, 6.45) is 0.949. The van der Waals surface area contributed by atoms with Crippen LogP contribution < -0.4 is 0 Å². The van der Waals surface area contributed by atoms with Gasteiger partial charge in [-0.2, -0.15) is 0 Å². The van der Waals surface area contributed by atoms with Crippen molar-refractivity contribution >= 4 is 43.0 Å². The van der Waals surface area contributed by atoms with E-state index in [2.05, 4.69) is 0 Å².